The zero-order valence-corrected chi connectivity index (χ0v) is 22.6. The van der Waals surface area contributed by atoms with Crippen molar-refractivity contribution in [2.24, 2.45) is 0 Å². The molecule has 0 bridgehead atoms. The number of rotatable bonds is 9. The van der Waals surface area contributed by atoms with Crippen LogP contribution in [-0.2, 0) is 0 Å². The molecular formula is C27H29N3OS2Se. The quantitative estimate of drug-likeness (QED) is 0.210. The number of fused-ring (bicyclic) bond motifs is 1. The average Bonchev–Trinajstić information content (AvgIpc) is 2.88. The zero-order valence-electron chi connectivity index (χ0n) is 19.3. The van der Waals surface area contributed by atoms with Crippen molar-refractivity contribution in [2.75, 3.05) is 37.7 Å². The molecule has 34 heavy (non-hydrogen) atoms. The molecule has 0 aliphatic carbocycles. The Morgan fingerprint density at radius 1 is 1.03 bits per heavy atom. The first-order chi connectivity index (χ1) is 16.7. The van der Waals surface area contributed by atoms with Gasteiger partial charge in [-0.25, -0.2) is 0 Å². The SMILES string of the molecule is C[Se]SCC(=N)CN1CCN(C(=O)c2cccc3ccccc23)C/C1=C\CSc1ccccc1. The second-order valence-corrected chi connectivity index (χ2v) is 13.6. The van der Waals surface area contributed by atoms with Gasteiger partial charge in [0.25, 0.3) is 0 Å². The van der Waals surface area contributed by atoms with Gasteiger partial charge in [-0.1, -0.05) is 30.3 Å². The zero-order chi connectivity index (χ0) is 23.8. The maximum atomic E-state index is 13.6. The topological polar surface area (TPSA) is 47.4 Å². The van der Waals surface area contributed by atoms with Crippen molar-refractivity contribution in [3.63, 3.8) is 0 Å². The number of carbonyl (C=O) groups excluding carboxylic acids is 1. The van der Waals surface area contributed by atoms with E-state index in [4.69, 9.17) is 5.41 Å². The van der Waals surface area contributed by atoms with Crippen LogP contribution in [0.4, 0.5) is 0 Å². The monoisotopic (exact) mass is 555 g/mol. The summed E-state index contributed by atoms with van der Waals surface area (Å²) in [5, 5.41) is 10.5. The van der Waals surface area contributed by atoms with Crippen LogP contribution < -0.4 is 0 Å². The Morgan fingerprint density at radius 3 is 2.62 bits per heavy atom. The van der Waals surface area contributed by atoms with E-state index in [2.05, 4.69) is 53.2 Å². The molecule has 3 aromatic rings. The molecule has 1 aliphatic heterocycles. The molecule has 4 rings (SSSR count). The predicted molar refractivity (Wildman–Crippen MR) is 148 cm³/mol. The molecule has 0 atom stereocenters. The third-order valence-electron chi connectivity index (χ3n) is 5.75. The molecular weight excluding hydrogens is 525 g/mol. The van der Waals surface area contributed by atoms with E-state index in [1.54, 1.807) is 11.8 Å². The van der Waals surface area contributed by atoms with Crippen molar-refractivity contribution in [1.29, 1.82) is 5.41 Å². The van der Waals surface area contributed by atoms with E-state index in [1.807, 2.05) is 51.5 Å². The number of amides is 1. The summed E-state index contributed by atoms with van der Waals surface area (Å²) in [6.07, 6.45) is 2.24. The molecule has 1 heterocycles. The Kier molecular flexibility index (Phi) is 9.17. The fourth-order valence-corrected chi connectivity index (χ4v) is 6.85. The number of hydrogen-bond donors (Lipinski definition) is 1. The van der Waals surface area contributed by atoms with Gasteiger partial charge < -0.3 is 0 Å². The van der Waals surface area contributed by atoms with Crippen LogP contribution in [0.1, 0.15) is 10.4 Å². The van der Waals surface area contributed by atoms with Crippen molar-refractivity contribution in [3.8, 4) is 0 Å². The minimum atomic E-state index is 0.0809. The van der Waals surface area contributed by atoms with E-state index in [9.17, 15) is 4.79 Å². The standard InChI is InChI=1S/C27H29N3OS2Se/c1-34-33-20-22(28)18-29-15-16-30(19-23(29)14-17-32-24-10-3-2-4-11-24)27(31)26-13-7-9-21-8-5-6-12-25(21)26/h2-14,28H,15-20H2,1H3/b23-14+,28-22?. The van der Waals surface area contributed by atoms with Crippen molar-refractivity contribution in [1.82, 2.24) is 9.80 Å². The van der Waals surface area contributed by atoms with Crippen molar-refractivity contribution in [3.05, 3.63) is 90.1 Å². The van der Waals surface area contributed by atoms with E-state index >= 15 is 0 Å². The molecule has 4 nitrogen and oxygen atoms in total. The molecule has 0 radical (unpaired) electrons. The van der Waals surface area contributed by atoms with E-state index in [-0.39, 0.29) is 5.91 Å². The number of piperazine rings is 1. The summed E-state index contributed by atoms with van der Waals surface area (Å²) in [7, 11) is 1.85. The van der Waals surface area contributed by atoms with Crippen LogP contribution in [0.5, 0.6) is 0 Å². The molecule has 7 heteroatoms. The summed E-state index contributed by atoms with van der Waals surface area (Å²) in [6, 6.07) is 24.4. The van der Waals surface area contributed by atoms with Gasteiger partial charge in [-0.15, -0.1) is 0 Å². The van der Waals surface area contributed by atoms with Gasteiger partial charge in [0.05, 0.1) is 0 Å². The normalized spacial score (nSPS) is 15.1. The van der Waals surface area contributed by atoms with Crippen LogP contribution in [0, 0.1) is 5.41 Å². The summed E-state index contributed by atoms with van der Waals surface area (Å²) < 4.78 is 0. The fraction of sp³-hybridized carbons (Fsp3) is 0.259. The number of thioether (sulfide) groups is 1. The van der Waals surface area contributed by atoms with Crippen LogP contribution in [0.15, 0.2) is 89.5 Å². The van der Waals surface area contributed by atoms with Gasteiger partial charge in [-0.05, 0) is 0 Å². The second kappa shape index (κ2) is 12.5. The van der Waals surface area contributed by atoms with Crippen LogP contribution in [0.2, 0.25) is 5.82 Å². The predicted octanol–water partition coefficient (Wildman–Crippen LogP) is 5.69. The van der Waals surface area contributed by atoms with Gasteiger partial charge in [0.2, 0.25) is 0 Å². The molecule has 1 aliphatic rings. The third kappa shape index (κ3) is 6.48. The van der Waals surface area contributed by atoms with Crippen LogP contribution >= 0.6 is 21.9 Å². The van der Waals surface area contributed by atoms with Crippen molar-refractivity contribution >= 4 is 58.2 Å². The third-order valence-corrected chi connectivity index (χ3v) is 9.62. The van der Waals surface area contributed by atoms with Crippen LogP contribution in [-0.4, -0.2) is 72.9 Å². The Balaban J connectivity index is 1.51. The first-order valence-electron chi connectivity index (χ1n) is 11.3. The van der Waals surface area contributed by atoms with Gasteiger partial charge in [0.1, 0.15) is 0 Å². The van der Waals surface area contributed by atoms with Gasteiger partial charge >= 0.3 is 186 Å². The van der Waals surface area contributed by atoms with Crippen LogP contribution in [0.25, 0.3) is 10.8 Å². The van der Waals surface area contributed by atoms with Crippen molar-refractivity contribution in [2.45, 2.75) is 10.7 Å². The first-order valence-corrected chi connectivity index (χ1v) is 17.0. The minimum absolute atomic E-state index is 0.0809. The molecule has 0 aromatic heterocycles. The molecule has 0 saturated carbocycles. The summed E-state index contributed by atoms with van der Waals surface area (Å²) >= 11 is 2.31. The Bertz CT molecular complexity index is 1160. The van der Waals surface area contributed by atoms with Crippen LogP contribution in [0.3, 0.4) is 0 Å². The van der Waals surface area contributed by atoms with Gasteiger partial charge in [0.15, 0.2) is 0 Å². The molecule has 1 saturated heterocycles. The number of nitrogens with one attached hydrogen (secondary N) is 1. The Labute approximate surface area is 215 Å². The van der Waals surface area contributed by atoms with Gasteiger partial charge in [-0.2, -0.15) is 0 Å². The fourth-order valence-electron chi connectivity index (χ4n) is 4.05. The number of nitrogens with zero attached hydrogens (tertiary/aromatic N) is 2. The maximum absolute atomic E-state index is 13.6. The van der Waals surface area contributed by atoms with E-state index in [0.717, 1.165) is 45.8 Å². The molecule has 176 valence electrons. The average molecular weight is 555 g/mol. The Hall–Kier alpha value is -2.18. The number of hydrogen-bond acceptors (Lipinski definition) is 5. The van der Waals surface area contributed by atoms with Gasteiger partial charge in [0, 0.05) is 0 Å². The Morgan fingerprint density at radius 2 is 1.79 bits per heavy atom. The molecule has 0 spiro atoms. The molecule has 3 aromatic carbocycles. The van der Waals surface area contributed by atoms with E-state index < -0.39 is 0 Å². The summed E-state index contributed by atoms with van der Waals surface area (Å²) in [4.78, 5) is 19.1. The van der Waals surface area contributed by atoms with E-state index in [0.29, 0.717) is 33.5 Å². The second-order valence-electron chi connectivity index (χ2n) is 8.03. The molecule has 0 unspecified atom stereocenters. The molecule has 1 N–H and O–H groups in total. The number of benzene rings is 3. The van der Waals surface area contributed by atoms with Gasteiger partial charge in [-0.3, -0.25) is 0 Å². The molecule has 1 amide bonds. The summed E-state index contributed by atoms with van der Waals surface area (Å²) in [5.74, 6) is 3.90. The summed E-state index contributed by atoms with van der Waals surface area (Å²) in [5.41, 5.74) is 2.66. The first kappa shape index (κ1) is 24.9. The van der Waals surface area contributed by atoms with E-state index in [1.165, 1.54) is 4.90 Å². The van der Waals surface area contributed by atoms with Crippen molar-refractivity contribution < 1.29 is 4.79 Å². The molecule has 1 fully saturated rings. The summed E-state index contributed by atoms with van der Waals surface area (Å²) in [6.45, 7) is 2.64. The number of carbonyl (C=O) groups is 1.